The Morgan fingerprint density at radius 2 is 1.62 bits per heavy atom. The summed E-state index contributed by atoms with van der Waals surface area (Å²) in [6.45, 7) is 11.5. The highest BCUT2D eigenvalue weighted by molar-refractivity contribution is 7.99. The minimum atomic E-state index is 0.744. The Morgan fingerprint density at radius 3 is 2.23 bits per heavy atom. The molecule has 0 aromatic heterocycles. The number of carbonyl (C=O) groups is 1. The molecule has 0 saturated heterocycles. The maximum atomic E-state index is 11.1. The fourth-order valence-electron chi connectivity index (χ4n) is 2.78. The summed E-state index contributed by atoms with van der Waals surface area (Å²) in [5.41, 5.74) is 5.83. The van der Waals surface area contributed by atoms with Crippen LogP contribution in [-0.2, 0) is 0 Å². The molecule has 0 saturated carbocycles. The van der Waals surface area contributed by atoms with Crippen LogP contribution in [0.5, 0.6) is 0 Å². The van der Waals surface area contributed by atoms with E-state index in [0.29, 0.717) is 0 Å². The number of hydrogen-bond acceptors (Lipinski definition) is 3. The van der Waals surface area contributed by atoms with Gasteiger partial charge in [-0.05, 0) is 55.7 Å². The summed E-state index contributed by atoms with van der Waals surface area (Å²) in [5, 5.41) is 0. The maximum absolute atomic E-state index is 11.1. The molecule has 0 fully saturated rings. The van der Waals surface area contributed by atoms with Crippen molar-refractivity contribution in [3.63, 3.8) is 0 Å². The smallest absolute Gasteiger partial charge is 0.150 e. The van der Waals surface area contributed by atoms with Gasteiger partial charge in [-0.25, -0.2) is 0 Å². The maximum Gasteiger partial charge on any atom is 0.150 e. The number of hydrogen-bond donors (Lipinski definition) is 0. The number of nitrogens with zero attached hydrogens (tertiary/aromatic N) is 1. The fourth-order valence-corrected chi connectivity index (χ4v) is 3.93. The predicted molar refractivity (Wildman–Crippen MR) is 115 cm³/mol. The molecule has 0 radical (unpaired) electrons. The first-order valence-corrected chi connectivity index (χ1v) is 9.95. The summed E-state index contributed by atoms with van der Waals surface area (Å²) in [6.07, 6.45) is 11.2. The molecule has 0 spiro atoms. The highest BCUT2D eigenvalue weighted by Gasteiger charge is 2.24. The molecule has 3 heteroatoms. The van der Waals surface area contributed by atoms with Crippen LogP contribution >= 0.6 is 11.8 Å². The number of fused-ring (bicyclic) bond motifs is 2. The van der Waals surface area contributed by atoms with Crippen molar-refractivity contribution in [3.05, 3.63) is 47.0 Å². The molecule has 0 unspecified atom stereocenters. The van der Waals surface area contributed by atoms with Gasteiger partial charge < -0.3 is 4.90 Å². The van der Waals surface area contributed by atoms with E-state index in [-0.39, 0.29) is 0 Å². The Kier molecular flexibility index (Phi) is 9.02. The van der Waals surface area contributed by atoms with Gasteiger partial charge in [-0.3, -0.25) is 4.79 Å². The molecule has 0 bridgehead atoms. The average molecular weight is 368 g/mol. The molecule has 2 aromatic rings. The van der Waals surface area contributed by atoms with Crippen molar-refractivity contribution in [3.8, 4) is 12.8 Å². The molecule has 0 atom stereocenters. The Balaban J connectivity index is 0.000000791. The van der Waals surface area contributed by atoms with Gasteiger partial charge >= 0.3 is 0 Å². The minimum absolute atomic E-state index is 0.744. The second-order valence-electron chi connectivity index (χ2n) is 5.86. The van der Waals surface area contributed by atoms with Crippen LogP contribution in [0.15, 0.2) is 40.1 Å². The van der Waals surface area contributed by atoms with Gasteiger partial charge in [-0.2, -0.15) is 0 Å². The van der Waals surface area contributed by atoms with E-state index in [0.717, 1.165) is 31.2 Å². The summed E-state index contributed by atoms with van der Waals surface area (Å²) >= 11 is 1.80. The molecule has 2 nitrogen and oxygen atoms in total. The first kappa shape index (κ1) is 21.9. The number of carbonyl (C=O) groups excluding carboxylic acids is 1. The standard InChI is InChI=1S/C19H21NOS.C2H6.C2H2/c1-4-5-8-20-16-9-13(2)14(3)10-19(16)22-18-7-6-15(12-21)11-17(18)20;2*1-2/h6-7,9-12H,4-5,8H2,1-3H3;1-2H3;1-2H. The molecular formula is C23H29NOS. The molecule has 138 valence electrons. The van der Waals surface area contributed by atoms with Crippen molar-refractivity contribution in [2.24, 2.45) is 0 Å². The fraction of sp³-hybridized carbons (Fsp3) is 0.348. The van der Waals surface area contributed by atoms with Crippen LogP contribution in [0.3, 0.4) is 0 Å². The highest BCUT2D eigenvalue weighted by atomic mass is 32.2. The zero-order valence-electron chi connectivity index (χ0n) is 16.5. The van der Waals surface area contributed by atoms with Crippen molar-refractivity contribution in [2.75, 3.05) is 11.4 Å². The zero-order chi connectivity index (χ0) is 19.7. The van der Waals surface area contributed by atoms with Gasteiger partial charge in [0.25, 0.3) is 0 Å². The van der Waals surface area contributed by atoms with Gasteiger partial charge in [0.15, 0.2) is 0 Å². The third-order valence-corrected chi connectivity index (χ3v) is 5.34. The monoisotopic (exact) mass is 367 g/mol. The van der Waals surface area contributed by atoms with Crippen LogP contribution in [0.1, 0.15) is 55.1 Å². The summed E-state index contributed by atoms with van der Waals surface area (Å²) < 4.78 is 0. The SMILES string of the molecule is C#C.CC.CCCCN1c2cc(C=O)ccc2Sc2cc(C)c(C)cc21. The van der Waals surface area contributed by atoms with E-state index < -0.39 is 0 Å². The summed E-state index contributed by atoms with van der Waals surface area (Å²) in [5.74, 6) is 0. The lowest BCUT2D eigenvalue weighted by Crippen LogP contribution is -2.22. The molecule has 1 heterocycles. The Bertz CT molecular complexity index is 764. The van der Waals surface area contributed by atoms with Crippen molar-refractivity contribution in [1.29, 1.82) is 0 Å². The molecule has 0 aliphatic carbocycles. The second-order valence-corrected chi connectivity index (χ2v) is 6.94. The highest BCUT2D eigenvalue weighted by Crippen LogP contribution is 2.49. The summed E-state index contributed by atoms with van der Waals surface area (Å²) in [7, 11) is 0. The number of aldehydes is 1. The number of terminal acetylenes is 1. The van der Waals surface area contributed by atoms with Crippen molar-refractivity contribution in [1.82, 2.24) is 0 Å². The van der Waals surface area contributed by atoms with Gasteiger partial charge in [-0.15, -0.1) is 12.8 Å². The lowest BCUT2D eigenvalue weighted by Gasteiger charge is -2.33. The number of benzene rings is 2. The number of aryl methyl sites for hydroxylation is 2. The number of rotatable bonds is 4. The molecule has 0 amide bonds. The van der Waals surface area contributed by atoms with Gasteiger partial charge in [-0.1, -0.05) is 45.0 Å². The van der Waals surface area contributed by atoms with Gasteiger partial charge in [0, 0.05) is 21.9 Å². The van der Waals surface area contributed by atoms with Crippen molar-refractivity contribution in [2.45, 2.75) is 57.3 Å². The van der Waals surface area contributed by atoms with E-state index in [1.54, 1.807) is 11.8 Å². The third-order valence-electron chi connectivity index (χ3n) is 4.23. The lowest BCUT2D eigenvalue weighted by molar-refractivity contribution is 0.112. The molecule has 26 heavy (non-hydrogen) atoms. The predicted octanol–water partition coefficient (Wildman–Crippen LogP) is 6.79. The van der Waals surface area contributed by atoms with Gasteiger partial charge in [0.2, 0.25) is 0 Å². The van der Waals surface area contributed by atoms with E-state index in [9.17, 15) is 4.79 Å². The molecular weight excluding hydrogens is 338 g/mol. The minimum Gasteiger partial charge on any atom is -0.340 e. The number of anilines is 2. The topological polar surface area (TPSA) is 20.3 Å². The van der Waals surface area contributed by atoms with E-state index in [4.69, 9.17) is 0 Å². The van der Waals surface area contributed by atoms with Gasteiger partial charge in [0.1, 0.15) is 6.29 Å². The quantitative estimate of drug-likeness (QED) is 0.438. The van der Waals surface area contributed by atoms with Crippen LogP contribution in [-0.4, -0.2) is 12.8 Å². The lowest BCUT2D eigenvalue weighted by atomic mass is 10.1. The zero-order valence-corrected chi connectivity index (χ0v) is 17.3. The number of unbranched alkanes of at least 4 members (excludes halogenated alkanes) is 1. The normalized spacial score (nSPS) is 11.1. The van der Waals surface area contributed by atoms with Crippen LogP contribution in [0, 0.1) is 26.7 Å². The Labute approximate surface area is 163 Å². The van der Waals surface area contributed by atoms with Crippen molar-refractivity contribution >= 4 is 29.4 Å². The molecule has 2 aromatic carbocycles. The van der Waals surface area contributed by atoms with E-state index in [1.807, 2.05) is 26.0 Å². The van der Waals surface area contributed by atoms with Crippen LogP contribution in [0.2, 0.25) is 0 Å². The molecule has 1 aliphatic rings. The molecule has 1 aliphatic heterocycles. The van der Waals surface area contributed by atoms with Crippen LogP contribution in [0.25, 0.3) is 0 Å². The Morgan fingerprint density at radius 1 is 1.00 bits per heavy atom. The first-order valence-electron chi connectivity index (χ1n) is 9.13. The van der Waals surface area contributed by atoms with Crippen molar-refractivity contribution < 1.29 is 4.79 Å². The average Bonchev–Trinajstić information content (AvgIpc) is 2.69. The van der Waals surface area contributed by atoms with E-state index in [1.165, 1.54) is 32.3 Å². The second kappa shape index (κ2) is 10.7. The molecule has 3 rings (SSSR count). The van der Waals surface area contributed by atoms with Crippen LogP contribution < -0.4 is 4.90 Å². The largest absolute Gasteiger partial charge is 0.340 e. The van der Waals surface area contributed by atoms with E-state index in [2.05, 4.69) is 56.7 Å². The molecule has 0 N–H and O–H groups in total. The Hall–Kier alpha value is -2.18. The van der Waals surface area contributed by atoms with Gasteiger partial charge in [0.05, 0.1) is 11.4 Å². The summed E-state index contributed by atoms with van der Waals surface area (Å²) in [4.78, 5) is 16.1. The third kappa shape index (κ3) is 4.71. The first-order chi connectivity index (χ1) is 12.6. The van der Waals surface area contributed by atoms with E-state index >= 15 is 0 Å². The summed E-state index contributed by atoms with van der Waals surface area (Å²) in [6, 6.07) is 10.6. The van der Waals surface area contributed by atoms with Crippen LogP contribution in [0.4, 0.5) is 11.4 Å².